The zero-order valence-corrected chi connectivity index (χ0v) is 15.0. The molecule has 2 aromatic carbocycles. The van der Waals surface area contributed by atoms with Gasteiger partial charge in [0.25, 0.3) is 5.91 Å². The predicted molar refractivity (Wildman–Crippen MR) is 100.0 cm³/mol. The van der Waals surface area contributed by atoms with Gasteiger partial charge in [-0.3, -0.25) is 9.59 Å². The van der Waals surface area contributed by atoms with Crippen LogP contribution in [0.1, 0.15) is 25.0 Å². The number of ether oxygens (including phenoxy) is 1. The van der Waals surface area contributed by atoms with Crippen molar-refractivity contribution in [3.8, 4) is 5.75 Å². The first-order chi connectivity index (χ1) is 12.3. The first-order valence-corrected chi connectivity index (χ1v) is 8.38. The molecule has 0 atom stereocenters. The van der Waals surface area contributed by atoms with Gasteiger partial charge >= 0.3 is 5.97 Å². The molecule has 3 rings (SSSR count). The van der Waals surface area contributed by atoms with Crippen LogP contribution in [0.15, 0.2) is 54.3 Å². The molecule has 0 saturated heterocycles. The highest BCUT2D eigenvalue weighted by Gasteiger charge is 2.37. The molecule has 0 radical (unpaired) electrons. The molecule has 0 aromatic heterocycles. The highest BCUT2D eigenvalue weighted by Crippen LogP contribution is 2.37. The molecule has 1 heterocycles. The summed E-state index contributed by atoms with van der Waals surface area (Å²) in [6.45, 7) is 5.24. The van der Waals surface area contributed by atoms with Crippen LogP contribution in [0.2, 0.25) is 0 Å². The van der Waals surface area contributed by atoms with Crippen LogP contribution in [0.5, 0.6) is 5.75 Å². The van der Waals surface area contributed by atoms with E-state index in [9.17, 15) is 14.7 Å². The zero-order chi connectivity index (χ0) is 18.9. The van der Waals surface area contributed by atoms with Gasteiger partial charge in [0.05, 0.1) is 11.1 Å². The Morgan fingerprint density at radius 2 is 1.81 bits per heavy atom. The normalized spacial score (nSPS) is 15.6. The zero-order valence-electron chi connectivity index (χ0n) is 15.0. The fraction of sp³-hybridized carbons (Fsp3) is 0.238. The Bertz CT molecular complexity index is 881. The van der Waals surface area contributed by atoms with Crippen LogP contribution >= 0.6 is 0 Å². The Morgan fingerprint density at radius 1 is 1.15 bits per heavy atom. The molecule has 1 aliphatic heterocycles. The highest BCUT2D eigenvalue weighted by molar-refractivity contribution is 6.10. The number of carbonyl (C=O) groups excluding carboxylic acids is 1. The van der Waals surface area contributed by atoms with E-state index < -0.39 is 11.4 Å². The number of para-hydroxylation sites is 2. The molecule has 5 nitrogen and oxygen atoms in total. The number of nitrogens with zero attached hydrogens (tertiary/aromatic N) is 1. The van der Waals surface area contributed by atoms with Gasteiger partial charge in [-0.05, 0) is 44.5 Å². The van der Waals surface area contributed by atoms with Gasteiger partial charge in [-0.15, -0.1) is 0 Å². The molecule has 0 saturated carbocycles. The van der Waals surface area contributed by atoms with Crippen LogP contribution in [0.4, 0.5) is 5.69 Å². The minimum Gasteiger partial charge on any atom is -0.481 e. The Morgan fingerprint density at radius 3 is 2.46 bits per heavy atom. The fourth-order valence-electron chi connectivity index (χ4n) is 2.70. The maximum atomic E-state index is 13.0. The minimum absolute atomic E-state index is 0.0484. The molecule has 1 aliphatic rings. The van der Waals surface area contributed by atoms with Gasteiger partial charge in [0.1, 0.15) is 0 Å². The maximum Gasteiger partial charge on any atom is 0.310 e. The molecule has 0 bridgehead atoms. The smallest absolute Gasteiger partial charge is 0.310 e. The number of carbonyl (C=O) groups is 2. The third kappa shape index (κ3) is 3.47. The van der Waals surface area contributed by atoms with E-state index in [2.05, 4.69) is 0 Å². The number of anilines is 1. The Kier molecular flexibility index (Phi) is 4.55. The van der Waals surface area contributed by atoms with Crippen LogP contribution < -0.4 is 9.64 Å². The van der Waals surface area contributed by atoms with Crippen molar-refractivity contribution in [1.82, 2.24) is 0 Å². The van der Waals surface area contributed by atoms with Crippen LogP contribution in [0, 0.1) is 12.3 Å². The summed E-state index contributed by atoms with van der Waals surface area (Å²) in [7, 11) is 0. The number of amides is 1. The van der Waals surface area contributed by atoms with E-state index in [0.717, 1.165) is 11.1 Å². The number of hydrogen-bond acceptors (Lipinski definition) is 3. The molecule has 134 valence electrons. The molecular weight excluding hydrogens is 330 g/mol. The Balaban J connectivity index is 2.02. The van der Waals surface area contributed by atoms with Crippen molar-refractivity contribution in [2.45, 2.75) is 20.8 Å². The van der Waals surface area contributed by atoms with Crippen LogP contribution in [-0.2, 0) is 9.59 Å². The average molecular weight is 351 g/mol. The summed E-state index contributed by atoms with van der Waals surface area (Å²) in [6, 6.07) is 14.9. The molecule has 2 aromatic rings. The van der Waals surface area contributed by atoms with Gasteiger partial charge < -0.3 is 14.7 Å². The molecule has 5 heteroatoms. The third-order valence-electron chi connectivity index (χ3n) is 4.34. The first kappa shape index (κ1) is 17.7. The van der Waals surface area contributed by atoms with Gasteiger partial charge in [0.15, 0.2) is 11.5 Å². The van der Waals surface area contributed by atoms with E-state index in [4.69, 9.17) is 4.74 Å². The molecule has 1 amide bonds. The van der Waals surface area contributed by atoms with E-state index in [0.29, 0.717) is 11.4 Å². The van der Waals surface area contributed by atoms with Gasteiger partial charge in [0.2, 0.25) is 0 Å². The largest absolute Gasteiger partial charge is 0.481 e. The van der Waals surface area contributed by atoms with E-state index in [1.165, 1.54) is 4.90 Å². The summed E-state index contributed by atoms with van der Waals surface area (Å²) in [5.41, 5.74) is 1.46. The molecule has 26 heavy (non-hydrogen) atoms. The standard InChI is InChI=1S/C21H21NO4/c1-14-8-10-15(11-9-14)12-18-19(23)22(13-21(2,3)20(24)25)16-6-4-5-7-17(16)26-18/h4-12H,13H2,1-3H3,(H,24,25)/b18-12+. The topological polar surface area (TPSA) is 66.8 Å². The number of carboxylic acid groups (broad SMARTS) is 1. The maximum absolute atomic E-state index is 13.0. The fourth-order valence-corrected chi connectivity index (χ4v) is 2.70. The van der Waals surface area contributed by atoms with Crippen molar-refractivity contribution in [2.24, 2.45) is 5.41 Å². The second-order valence-corrected chi connectivity index (χ2v) is 7.07. The molecule has 0 spiro atoms. The van der Waals surface area contributed by atoms with Gasteiger partial charge in [0, 0.05) is 6.54 Å². The summed E-state index contributed by atoms with van der Waals surface area (Å²) >= 11 is 0. The van der Waals surface area contributed by atoms with Crippen molar-refractivity contribution in [1.29, 1.82) is 0 Å². The Labute approximate surface area is 152 Å². The lowest BCUT2D eigenvalue weighted by Crippen LogP contribution is -2.45. The summed E-state index contributed by atoms with van der Waals surface area (Å²) in [6.07, 6.45) is 1.68. The number of fused-ring (bicyclic) bond motifs is 1. The van der Waals surface area contributed by atoms with Crippen LogP contribution in [-0.4, -0.2) is 23.5 Å². The lowest BCUT2D eigenvalue weighted by atomic mass is 9.92. The predicted octanol–water partition coefficient (Wildman–Crippen LogP) is 3.87. The van der Waals surface area contributed by atoms with Crippen molar-refractivity contribution in [2.75, 3.05) is 11.4 Å². The van der Waals surface area contributed by atoms with Gasteiger partial charge in [-0.2, -0.15) is 0 Å². The lowest BCUT2D eigenvalue weighted by molar-refractivity contribution is -0.146. The number of benzene rings is 2. The lowest BCUT2D eigenvalue weighted by Gasteiger charge is -2.34. The SMILES string of the molecule is Cc1ccc(/C=C2/Oc3ccccc3N(CC(C)(C)C(=O)O)C2=O)cc1. The van der Waals surface area contributed by atoms with Crippen LogP contribution in [0.3, 0.4) is 0 Å². The average Bonchev–Trinajstić information content (AvgIpc) is 2.60. The number of aryl methyl sites for hydroxylation is 1. The summed E-state index contributed by atoms with van der Waals surface area (Å²) in [4.78, 5) is 26.0. The molecule has 1 N–H and O–H groups in total. The molecule has 0 fully saturated rings. The van der Waals surface area contributed by atoms with E-state index in [1.54, 1.807) is 38.1 Å². The monoisotopic (exact) mass is 351 g/mol. The molecule has 0 aliphatic carbocycles. The van der Waals surface area contributed by atoms with Crippen LogP contribution in [0.25, 0.3) is 6.08 Å². The summed E-state index contributed by atoms with van der Waals surface area (Å²) in [5, 5.41) is 9.45. The number of carboxylic acids is 1. The van der Waals surface area contributed by atoms with Crippen molar-refractivity contribution in [3.05, 3.63) is 65.4 Å². The number of aliphatic carboxylic acids is 1. The second-order valence-electron chi connectivity index (χ2n) is 7.07. The summed E-state index contributed by atoms with van der Waals surface area (Å²) in [5.74, 6) is -0.600. The van der Waals surface area contributed by atoms with Gasteiger partial charge in [-0.25, -0.2) is 0 Å². The summed E-state index contributed by atoms with van der Waals surface area (Å²) < 4.78 is 5.81. The van der Waals surface area contributed by atoms with Gasteiger partial charge in [-0.1, -0.05) is 42.0 Å². The van der Waals surface area contributed by atoms with E-state index >= 15 is 0 Å². The van der Waals surface area contributed by atoms with E-state index in [-0.39, 0.29) is 18.2 Å². The van der Waals surface area contributed by atoms with Crippen molar-refractivity contribution >= 4 is 23.6 Å². The molecule has 0 unspecified atom stereocenters. The third-order valence-corrected chi connectivity index (χ3v) is 4.34. The first-order valence-electron chi connectivity index (χ1n) is 8.38. The number of hydrogen-bond donors (Lipinski definition) is 1. The number of rotatable bonds is 4. The van der Waals surface area contributed by atoms with Crippen molar-refractivity contribution in [3.63, 3.8) is 0 Å². The van der Waals surface area contributed by atoms with E-state index in [1.807, 2.05) is 37.3 Å². The quantitative estimate of drug-likeness (QED) is 0.849. The second kappa shape index (κ2) is 6.67. The Hall–Kier alpha value is -3.08. The van der Waals surface area contributed by atoms with Crippen molar-refractivity contribution < 1.29 is 19.4 Å². The highest BCUT2D eigenvalue weighted by atomic mass is 16.5. The molecular formula is C21H21NO4. The minimum atomic E-state index is -1.09.